The molecular formula is C8H13F3N4. The van der Waals surface area contributed by atoms with Gasteiger partial charge in [0.2, 0.25) is 0 Å². The van der Waals surface area contributed by atoms with Crippen molar-refractivity contribution in [1.29, 1.82) is 0 Å². The fourth-order valence-electron chi connectivity index (χ4n) is 1.17. The lowest BCUT2D eigenvalue weighted by Gasteiger charge is -2.13. The van der Waals surface area contributed by atoms with E-state index >= 15 is 0 Å². The molecule has 0 radical (unpaired) electrons. The first kappa shape index (κ1) is 11.8. The van der Waals surface area contributed by atoms with Crippen LogP contribution in [-0.4, -0.2) is 35.3 Å². The zero-order chi connectivity index (χ0) is 11.6. The topological polar surface area (TPSA) is 47.1 Å². The van der Waals surface area contributed by atoms with E-state index in [1.165, 1.54) is 0 Å². The third kappa shape index (κ3) is 2.85. The lowest BCUT2D eigenvalue weighted by Crippen LogP contribution is -2.23. The molecule has 0 saturated heterocycles. The fourth-order valence-corrected chi connectivity index (χ4v) is 1.17. The molecule has 86 valence electrons. The third-order valence-corrected chi connectivity index (χ3v) is 1.90. The van der Waals surface area contributed by atoms with Gasteiger partial charge in [0.1, 0.15) is 0 Å². The first-order valence-corrected chi connectivity index (χ1v) is 4.35. The molecule has 2 N–H and O–H groups in total. The number of nitrogen functional groups attached to an aromatic ring is 1. The molecule has 0 amide bonds. The van der Waals surface area contributed by atoms with Gasteiger partial charge in [-0.1, -0.05) is 0 Å². The Morgan fingerprint density at radius 2 is 2.07 bits per heavy atom. The number of alkyl halides is 3. The second kappa shape index (κ2) is 4.09. The summed E-state index contributed by atoms with van der Waals surface area (Å²) in [6, 6.07) is 0. The Labute approximate surface area is 85.5 Å². The molecule has 1 heterocycles. The Bertz CT molecular complexity index is 329. The second-order valence-corrected chi connectivity index (χ2v) is 3.47. The van der Waals surface area contributed by atoms with Crippen LogP contribution in [0.2, 0.25) is 0 Å². The number of hydrogen-bond acceptors (Lipinski definition) is 3. The molecule has 0 aliphatic rings. The Kier molecular flexibility index (Phi) is 3.23. The van der Waals surface area contributed by atoms with E-state index in [9.17, 15) is 13.2 Å². The minimum atomic E-state index is -4.45. The van der Waals surface area contributed by atoms with Crippen molar-refractivity contribution in [2.45, 2.75) is 12.7 Å². The van der Waals surface area contributed by atoms with Gasteiger partial charge in [0, 0.05) is 6.54 Å². The molecule has 0 atom stereocenters. The molecule has 0 unspecified atom stereocenters. The van der Waals surface area contributed by atoms with Crippen LogP contribution in [0.1, 0.15) is 5.69 Å². The summed E-state index contributed by atoms with van der Waals surface area (Å²) in [5.41, 5.74) is 4.01. The first-order valence-electron chi connectivity index (χ1n) is 4.35. The van der Waals surface area contributed by atoms with Crippen LogP contribution in [0.3, 0.4) is 0 Å². The van der Waals surface area contributed by atoms with Gasteiger partial charge in [-0.3, -0.25) is 4.68 Å². The maximum absolute atomic E-state index is 12.5. The molecule has 4 nitrogen and oxygen atoms in total. The molecular weight excluding hydrogens is 209 g/mol. The second-order valence-electron chi connectivity index (χ2n) is 3.47. The van der Waals surface area contributed by atoms with Crippen LogP contribution >= 0.6 is 0 Å². The lowest BCUT2D eigenvalue weighted by atomic mass is 10.3. The van der Waals surface area contributed by atoms with Crippen molar-refractivity contribution in [3.8, 4) is 0 Å². The van der Waals surface area contributed by atoms with E-state index in [4.69, 9.17) is 5.73 Å². The van der Waals surface area contributed by atoms with Gasteiger partial charge in [-0.15, -0.1) is 0 Å². The number of anilines is 1. The predicted octanol–water partition coefficient (Wildman–Crippen LogP) is 1.05. The highest BCUT2D eigenvalue weighted by Crippen LogP contribution is 2.33. The standard InChI is InChI=1S/C8H13F3N4/c1-14(2)3-4-15-7(8(9,10)11)6(12)5-13-15/h5H,3-4,12H2,1-2H3. The van der Waals surface area contributed by atoms with Crippen molar-refractivity contribution >= 4 is 5.69 Å². The molecule has 0 aliphatic heterocycles. The molecule has 7 heteroatoms. The van der Waals surface area contributed by atoms with Crippen LogP contribution in [0.15, 0.2) is 6.20 Å². The highest BCUT2D eigenvalue weighted by atomic mass is 19.4. The summed E-state index contributed by atoms with van der Waals surface area (Å²) in [7, 11) is 3.56. The Hall–Kier alpha value is -1.24. The Balaban J connectivity index is 2.89. The SMILES string of the molecule is CN(C)CCn1ncc(N)c1C(F)(F)F. The van der Waals surface area contributed by atoms with Crippen LogP contribution in [0.25, 0.3) is 0 Å². The van der Waals surface area contributed by atoms with Gasteiger partial charge >= 0.3 is 6.18 Å². The van der Waals surface area contributed by atoms with Gasteiger partial charge in [-0.25, -0.2) is 0 Å². The Morgan fingerprint density at radius 3 is 2.53 bits per heavy atom. The normalized spacial score (nSPS) is 12.4. The summed E-state index contributed by atoms with van der Waals surface area (Å²) >= 11 is 0. The van der Waals surface area contributed by atoms with E-state index in [2.05, 4.69) is 5.10 Å². The number of halogens is 3. The summed E-state index contributed by atoms with van der Waals surface area (Å²) in [4.78, 5) is 1.78. The summed E-state index contributed by atoms with van der Waals surface area (Å²) < 4.78 is 38.4. The highest BCUT2D eigenvalue weighted by molar-refractivity contribution is 5.42. The van der Waals surface area contributed by atoms with Crippen molar-refractivity contribution in [3.05, 3.63) is 11.9 Å². The first-order chi connectivity index (χ1) is 6.82. The summed E-state index contributed by atoms with van der Waals surface area (Å²) in [5, 5.41) is 3.60. The van der Waals surface area contributed by atoms with Gasteiger partial charge in [-0.05, 0) is 14.1 Å². The Morgan fingerprint density at radius 1 is 1.47 bits per heavy atom. The average Bonchev–Trinajstić information content (AvgIpc) is 2.42. The fraction of sp³-hybridized carbons (Fsp3) is 0.625. The molecule has 0 fully saturated rings. The van der Waals surface area contributed by atoms with Gasteiger partial charge in [0.15, 0.2) is 5.69 Å². The molecule has 0 bridgehead atoms. The van der Waals surface area contributed by atoms with E-state index in [-0.39, 0.29) is 12.2 Å². The maximum atomic E-state index is 12.5. The molecule has 0 spiro atoms. The summed E-state index contributed by atoms with van der Waals surface area (Å²) in [5.74, 6) is 0. The minimum absolute atomic E-state index is 0.166. The van der Waals surface area contributed by atoms with Crippen LogP contribution in [-0.2, 0) is 12.7 Å². The van der Waals surface area contributed by atoms with E-state index < -0.39 is 11.9 Å². The smallest absolute Gasteiger partial charge is 0.396 e. The molecule has 0 saturated carbocycles. The van der Waals surface area contributed by atoms with Gasteiger partial charge in [0.05, 0.1) is 18.4 Å². The highest BCUT2D eigenvalue weighted by Gasteiger charge is 2.37. The minimum Gasteiger partial charge on any atom is -0.396 e. The van der Waals surface area contributed by atoms with Gasteiger partial charge < -0.3 is 10.6 Å². The number of nitrogens with two attached hydrogens (primary N) is 1. The molecule has 15 heavy (non-hydrogen) atoms. The number of likely N-dealkylation sites (N-methyl/N-ethyl adjacent to an activating group) is 1. The monoisotopic (exact) mass is 222 g/mol. The number of rotatable bonds is 3. The van der Waals surface area contributed by atoms with Gasteiger partial charge in [-0.2, -0.15) is 18.3 Å². The van der Waals surface area contributed by atoms with Crippen LogP contribution in [0.4, 0.5) is 18.9 Å². The predicted molar refractivity (Wildman–Crippen MR) is 50.2 cm³/mol. The molecule has 0 aliphatic carbocycles. The third-order valence-electron chi connectivity index (χ3n) is 1.90. The largest absolute Gasteiger partial charge is 0.435 e. The quantitative estimate of drug-likeness (QED) is 0.831. The van der Waals surface area contributed by atoms with Crippen molar-refractivity contribution in [1.82, 2.24) is 14.7 Å². The number of aromatic nitrogens is 2. The van der Waals surface area contributed by atoms with Gasteiger partial charge in [0.25, 0.3) is 0 Å². The van der Waals surface area contributed by atoms with E-state index in [1.807, 2.05) is 0 Å². The molecule has 0 aromatic carbocycles. The zero-order valence-electron chi connectivity index (χ0n) is 8.54. The van der Waals surface area contributed by atoms with Crippen LogP contribution < -0.4 is 5.73 Å². The van der Waals surface area contributed by atoms with Crippen molar-refractivity contribution < 1.29 is 13.2 Å². The maximum Gasteiger partial charge on any atom is 0.435 e. The van der Waals surface area contributed by atoms with Crippen LogP contribution in [0.5, 0.6) is 0 Å². The molecule has 1 aromatic rings. The van der Waals surface area contributed by atoms with E-state index in [1.54, 1.807) is 19.0 Å². The lowest BCUT2D eigenvalue weighted by molar-refractivity contribution is -0.143. The summed E-state index contributed by atoms with van der Waals surface area (Å²) in [6.07, 6.45) is -3.43. The van der Waals surface area contributed by atoms with E-state index in [0.717, 1.165) is 10.9 Å². The van der Waals surface area contributed by atoms with Crippen molar-refractivity contribution in [2.24, 2.45) is 0 Å². The number of hydrogen-bond donors (Lipinski definition) is 1. The van der Waals surface area contributed by atoms with Crippen molar-refractivity contribution in [3.63, 3.8) is 0 Å². The number of nitrogens with zero attached hydrogens (tertiary/aromatic N) is 3. The molecule has 1 aromatic heterocycles. The summed E-state index contributed by atoms with van der Waals surface area (Å²) in [6.45, 7) is 0.642. The average molecular weight is 222 g/mol. The van der Waals surface area contributed by atoms with Crippen LogP contribution in [0, 0.1) is 0 Å². The zero-order valence-corrected chi connectivity index (χ0v) is 8.54. The van der Waals surface area contributed by atoms with Crippen molar-refractivity contribution in [2.75, 3.05) is 26.4 Å². The van der Waals surface area contributed by atoms with E-state index in [0.29, 0.717) is 6.54 Å². The molecule has 1 rings (SSSR count).